The highest BCUT2D eigenvalue weighted by Crippen LogP contribution is 2.14. The van der Waals surface area contributed by atoms with Gasteiger partial charge in [0.2, 0.25) is 0 Å². The summed E-state index contributed by atoms with van der Waals surface area (Å²) in [5.74, 6) is 0.132. The monoisotopic (exact) mass is 343 g/mol. The van der Waals surface area contributed by atoms with Crippen LogP contribution < -0.4 is 10.1 Å². The molecule has 0 unspecified atom stereocenters. The number of hydrogen-bond acceptors (Lipinski definition) is 5. The number of amides is 1. The normalized spacial score (nSPS) is 11.3. The lowest BCUT2D eigenvalue weighted by Gasteiger charge is -2.17. The maximum absolute atomic E-state index is 12.0. The van der Waals surface area contributed by atoms with E-state index in [0.717, 1.165) is 11.1 Å². The number of carbonyl (C=O) groups excluding carboxylic acids is 2. The number of benzene rings is 2. The second-order valence-electron chi connectivity index (χ2n) is 5.34. The van der Waals surface area contributed by atoms with Crippen molar-refractivity contribution >= 4 is 12.1 Å². The van der Waals surface area contributed by atoms with Gasteiger partial charge in [0.1, 0.15) is 18.4 Å². The van der Waals surface area contributed by atoms with E-state index in [2.05, 4.69) is 5.32 Å². The fraction of sp³-hybridized carbons (Fsp3) is 0.263. The zero-order valence-corrected chi connectivity index (χ0v) is 14.2. The Kier molecular flexibility index (Phi) is 6.83. The first-order chi connectivity index (χ1) is 12.1. The molecule has 0 saturated heterocycles. The number of carbonyl (C=O) groups is 2. The quantitative estimate of drug-likeness (QED) is 0.783. The number of nitrogens with one attached hydrogen (secondary N) is 1. The van der Waals surface area contributed by atoms with Crippen molar-refractivity contribution in [3.63, 3.8) is 0 Å². The Labute approximate surface area is 146 Å². The third kappa shape index (κ3) is 5.84. The fourth-order valence-electron chi connectivity index (χ4n) is 2.28. The molecule has 0 aliphatic carbocycles. The Balaban J connectivity index is 1.97. The van der Waals surface area contributed by atoms with Crippen LogP contribution in [0.2, 0.25) is 0 Å². The minimum Gasteiger partial charge on any atom is -0.497 e. The zero-order chi connectivity index (χ0) is 18.1. The smallest absolute Gasteiger partial charge is 0.408 e. The van der Waals surface area contributed by atoms with Crippen LogP contribution in [-0.2, 0) is 27.3 Å². The molecule has 1 N–H and O–H groups in total. The number of methoxy groups -OCH3 is 2. The largest absolute Gasteiger partial charge is 0.497 e. The summed E-state index contributed by atoms with van der Waals surface area (Å²) >= 11 is 0. The van der Waals surface area contributed by atoms with E-state index in [1.807, 2.05) is 42.5 Å². The number of hydrogen-bond donors (Lipinski definition) is 1. The van der Waals surface area contributed by atoms with Crippen LogP contribution in [0.15, 0.2) is 54.6 Å². The maximum Gasteiger partial charge on any atom is 0.408 e. The maximum atomic E-state index is 12.0. The van der Waals surface area contributed by atoms with Gasteiger partial charge in [-0.05, 0) is 23.3 Å². The second kappa shape index (κ2) is 9.32. The van der Waals surface area contributed by atoms with Gasteiger partial charge in [0.15, 0.2) is 0 Å². The summed E-state index contributed by atoms with van der Waals surface area (Å²) in [6.07, 6.45) is -0.410. The van der Waals surface area contributed by atoms with Crippen LogP contribution in [0.3, 0.4) is 0 Å². The molecular formula is C19H21NO5. The Hall–Kier alpha value is -3.02. The molecule has 0 aromatic heterocycles. The predicted octanol–water partition coefficient (Wildman–Crippen LogP) is 2.71. The van der Waals surface area contributed by atoms with E-state index < -0.39 is 18.1 Å². The number of alkyl carbamates (subject to hydrolysis) is 1. The molecule has 132 valence electrons. The number of esters is 1. The van der Waals surface area contributed by atoms with Gasteiger partial charge in [0, 0.05) is 6.42 Å². The Morgan fingerprint density at radius 1 is 1.00 bits per heavy atom. The van der Waals surface area contributed by atoms with Gasteiger partial charge in [-0.25, -0.2) is 9.59 Å². The molecule has 1 amide bonds. The molecular weight excluding hydrogens is 322 g/mol. The Bertz CT molecular complexity index is 702. The summed E-state index contributed by atoms with van der Waals surface area (Å²) in [6.45, 7) is 0.125. The number of rotatable bonds is 7. The van der Waals surface area contributed by atoms with Crippen molar-refractivity contribution in [2.75, 3.05) is 14.2 Å². The minimum absolute atomic E-state index is 0.125. The van der Waals surface area contributed by atoms with Crippen molar-refractivity contribution < 1.29 is 23.8 Å². The summed E-state index contributed by atoms with van der Waals surface area (Å²) in [5, 5.41) is 2.55. The topological polar surface area (TPSA) is 73.9 Å². The van der Waals surface area contributed by atoms with E-state index in [1.54, 1.807) is 19.2 Å². The molecule has 25 heavy (non-hydrogen) atoms. The van der Waals surface area contributed by atoms with E-state index in [9.17, 15) is 9.59 Å². The lowest BCUT2D eigenvalue weighted by Crippen LogP contribution is -2.43. The molecule has 0 spiro atoms. The van der Waals surface area contributed by atoms with Crippen molar-refractivity contribution in [2.45, 2.75) is 19.1 Å². The molecule has 0 fully saturated rings. The highest BCUT2D eigenvalue weighted by Gasteiger charge is 2.23. The van der Waals surface area contributed by atoms with Gasteiger partial charge >= 0.3 is 12.1 Å². The zero-order valence-electron chi connectivity index (χ0n) is 14.2. The van der Waals surface area contributed by atoms with Crippen LogP contribution in [0.25, 0.3) is 0 Å². The Morgan fingerprint density at radius 2 is 1.72 bits per heavy atom. The third-order valence-corrected chi connectivity index (χ3v) is 3.56. The first kappa shape index (κ1) is 18.3. The van der Waals surface area contributed by atoms with Crippen LogP contribution in [0.1, 0.15) is 11.1 Å². The Morgan fingerprint density at radius 3 is 2.40 bits per heavy atom. The average Bonchev–Trinajstić information content (AvgIpc) is 2.66. The summed E-state index contributed by atoms with van der Waals surface area (Å²) in [5.41, 5.74) is 1.69. The standard InChI is InChI=1S/C19H21NO5/c1-23-16-10-6-9-15(11-16)12-17(18(21)24-2)20-19(22)25-13-14-7-4-3-5-8-14/h3-11,17H,12-13H2,1-2H3,(H,20,22)/t17-/m0/s1. The minimum atomic E-state index is -0.847. The van der Waals surface area contributed by atoms with Crippen LogP contribution in [0, 0.1) is 0 Å². The van der Waals surface area contributed by atoms with Gasteiger partial charge in [0.05, 0.1) is 14.2 Å². The van der Waals surface area contributed by atoms with E-state index in [-0.39, 0.29) is 13.0 Å². The number of ether oxygens (including phenoxy) is 3. The SMILES string of the molecule is COC(=O)[C@H](Cc1cccc(OC)c1)NC(=O)OCc1ccccc1. The molecule has 0 saturated carbocycles. The molecule has 0 radical (unpaired) electrons. The van der Waals surface area contributed by atoms with Crippen molar-refractivity contribution in [1.82, 2.24) is 5.32 Å². The molecule has 0 bridgehead atoms. The fourth-order valence-corrected chi connectivity index (χ4v) is 2.28. The second-order valence-corrected chi connectivity index (χ2v) is 5.34. The van der Waals surface area contributed by atoms with Crippen molar-refractivity contribution in [1.29, 1.82) is 0 Å². The summed E-state index contributed by atoms with van der Waals surface area (Å²) in [6, 6.07) is 15.7. The third-order valence-electron chi connectivity index (χ3n) is 3.56. The molecule has 0 heterocycles. The molecule has 2 aromatic rings. The van der Waals surface area contributed by atoms with Gasteiger partial charge in [-0.1, -0.05) is 42.5 Å². The first-order valence-corrected chi connectivity index (χ1v) is 7.80. The molecule has 2 aromatic carbocycles. The lowest BCUT2D eigenvalue weighted by atomic mass is 10.1. The lowest BCUT2D eigenvalue weighted by molar-refractivity contribution is -0.143. The van der Waals surface area contributed by atoms with Crippen molar-refractivity contribution in [3.05, 3.63) is 65.7 Å². The van der Waals surface area contributed by atoms with Crippen LogP contribution in [-0.4, -0.2) is 32.3 Å². The van der Waals surface area contributed by atoms with E-state index in [0.29, 0.717) is 5.75 Å². The molecule has 6 heteroatoms. The molecule has 0 aliphatic heterocycles. The van der Waals surface area contributed by atoms with Crippen molar-refractivity contribution in [2.24, 2.45) is 0 Å². The van der Waals surface area contributed by atoms with Crippen molar-refractivity contribution in [3.8, 4) is 5.75 Å². The van der Waals surface area contributed by atoms with Gasteiger partial charge in [-0.15, -0.1) is 0 Å². The van der Waals surface area contributed by atoms with Crippen LogP contribution in [0.5, 0.6) is 5.75 Å². The van der Waals surface area contributed by atoms with Crippen LogP contribution in [0.4, 0.5) is 4.79 Å². The van der Waals surface area contributed by atoms with Gasteiger partial charge in [-0.3, -0.25) is 0 Å². The molecule has 6 nitrogen and oxygen atoms in total. The summed E-state index contributed by atoms with van der Waals surface area (Å²) in [4.78, 5) is 24.0. The first-order valence-electron chi connectivity index (χ1n) is 7.80. The highest BCUT2D eigenvalue weighted by molar-refractivity contribution is 5.81. The average molecular weight is 343 g/mol. The highest BCUT2D eigenvalue weighted by atomic mass is 16.6. The van der Waals surface area contributed by atoms with Gasteiger partial charge in [-0.2, -0.15) is 0 Å². The van der Waals surface area contributed by atoms with Gasteiger partial charge in [0.25, 0.3) is 0 Å². The molecule has 1 atom stereocenters. The van der Waals surface area contributed by atoms with E-state index in [1.165, 1.54) is 7.11 Å². The molecule has 2 rings (SSSR count). The van der Waals surface area contributed by atoms with E-state index >= 15 is 0 Å². The van der Waals surface area contributed by atoms with E-state index in [4.69, 9.17) is 14.2 Å². The summed E-state index contributed by atoms with van der Waals surface area (Å²) in [7, 11) is 2.84. The predicted molar refractivity (Wildman–Crippen MR) is 92.3 cm³/mol. The summed E-state index contributed by atoms with van der Waals surface area (Å²) < 4.78 is 15.1. The molecule has 0 aliphatic rings. The van der Waals surface area contributed by atoms with Gasteiger partial charge < -0.3 is 19.5 Å². The van der Waals surface area contributed by atoms with Crippen LogP contribution >= 0.6 is 0 Å².